The molecule has 0 spiro atoms. The molecule has 2 aromatic carbocycles. The number of halogens is 1. The highest BCUT2D eigenvalue weighted by Gasteiger charge is 2.35. The van der Waals surface area contributed by atoms with Crippen LogP contribution in [0.5, 0.6) is 0 Å². The molecule has 1 aliphatic rings. The molecule has 182 valence electrons. The topological polar surface area (TPSA) is 78.5 Å². The first-order valence-corrected chi connectivity index (χ1v) is 11.9. The molecule has 0 aromatic heterocycles. The lowest BCUT2D eigenvalue weighted by atomic mass is 9.87. The standard InChI is InChI=1S/C27H34FN3O3/c1-17(2)19(4)29-26(33)24(30-25(32)21-10-6-5-9-18(21)3)20-13-15-31(16-14-20)27(34)22-11-7-8-12-23(22)28/h5-12,17,19-20,24H,13-16H2,1-4H3,(H,29,33)(H,30,32)/t19-,24-/m0/s1. The number of amides is 3. The summed E-state index contributed by atoms with van der Waals surface area (Å²) in [5.41, 5.74) is 1.42. The fraction of sp³-hybridized carbons (Fsp3) is 0.444. The van der Waals surface area contributed by atoms with E-state index >= 15 is 0 Å². The van der Waals surface area contributed by atoms with Crippen molar-refractivity contribution in [1.29, 1.82) is 0 Å². The average molecular weight is 468 g/mol. The Kier molecular flexibility index (Phi) is 8.42. The van der Waals surface area contributed by atoms with Gasteiger partial charge in [-0.25, -0.2) is 4.39 Å². The van der Waals surface area contributed by atoms with Crippen molar-refractivity contribution in [2.24, 2.45) is 11.8 Å². The highest BCUT2D eigenvalue weighted by molar-refractivity contribution is 5.99. The van der Waals surface area contributed by atoms with E-state index in [1.807, 2.05) is 39.8 Å². The van der Waals surface area contributed by atoms with Crippen molar-refractivity contribution in [2.75, 3.05) is 13.1 Å². The summed E-state index contributed by atoms with van der Waals surface area (Å²) >= 11 is 0. The largest absolute Gasteiger partial charge is 0.352 e. The monoisotopic (exact) mass is 467 g/mol. The first kappa shape index (κ1) is 25.4. The van der Waals surface area contributed by atoms with Gasteiger partial charge in [-0.15, -0.1) is 0 Å². The lowest BCUT2D eigenvalue weighted by Gasteiger charge is -2.36. The summed E-state index contributed by atoms with van der Waals surface area (Å²) < 4.78 is 14.1. The molecule has 0 radical (unpaired) electrons. The summed E-state index contributed by atoms with van der Waals surface area (Å²) in [4.78, 5) is 40.7. The minimum atomic E-state index is -0.723. The summed E-state index contributed by atoms with van der Waals surface area (Å²) in [5, 5.41) is 5.99. The van der Waals surface area contributed by atoms with Crippen LogP contribution in [0.4, 0.5) is 4.39 Å². The molecular weight excluding hydrogens is 433 g/mol. The first-order valence-electron chi connectivity index (χ1n) is 11.9. The highest BCUT2D eigenvalue weighted by atomic mass is 19.1. The van der Waals surface area contributed by atoms with Crippen LogP contribution in [0.3, 0.4) is 0 Å². The van der Waals surface area contributed by atoms with Crippen LogP contribution in [-0.4, -0.2) is 47.8 Å². The maximum Gasteiger partial charge on any atom is 0.256 e. The highest BCUT2D eigenvalue weighted by Crippen LogP contribution is 2.24. The van der Waals surface area contributed by atoms with E-state index in [-0.39, 0.29) is 41.2 Å². The Hall–Kier alpha value is -3.22. The van der Waals surface area contributed by atoms with Gasteiger partial charge in [-0.3, -0.25) is 14.4 Å². The average Bonchev–Trinajstić information content (AvgIpc) is 2.82. The van der Waals surface area contributed by atoms with Gasteiger partial charge >= 0.3 is 0 Å². The Morgan fingerprint density at radius 2 is 1.50 bits per heavy atom. The lowest BCUT2D eigenvalue weighted by Crippen LogP contribution is -2.55. The number of hydrogen-bond donors (Lipinski definition) is 2. The number of aryl methyl sites for hydroxylation is 1. The molecule has 34 heavy (non-hydrogen) atoms. The van der Waals surface area contributed by atoms with Gasteiger partial charge in [0.15, 0.2) is 0 Å². The summed E-state index contributed by atoms with van der Waals surface area (Å²) in [5.74, 6) is -1.30. The Bertz CT molecular complexity index is 1030. The molecule has 1 aliphatic heterocycles. The van der Waals surface area contributed by atoms with E-state index in [0.29, 0.717) is 31.5 Å². The zero-order valence-electron chi connectivity index (χ0n) is 20.3. The third-order valence-corrected chi connectivity index (χ3v) is 6.73. The Morgan fingerprint density at radius 1 is 0.912 bits per heavy atom. The number of piperidine rings is 1. The van der Waals surface area contributed by atoms with E-state index < -0.39 is 11.9 Å². The Labute approximate surface area is 200 Å². The molecule has 3 amide bonds. The van der Waals surface area contributed by atoms with E-state index in [2.05, 4.69) is 10.6 Å². The summed E-state index contributed by atoms with van der Waals surface area (Å²) in [6.45, 7) is 8.64. The normalized spacial score (nSPS) is 16.1. The number of carbonyl (C=O) groups excluding carboxylic acids is 3. The van der Waals surface area contributed by atoms with Gasteiger partial charge in [0, 0.05) is 24.7 Å². The van der Waals surface area contributed by atoms with E-state index in [4.69, 9.17) is 0 Å². The summed E-state index contributed by atoms with van der Waals surface area (Å²) in [6, 6.07) is 12.4. The van der Waals surface area contributed by atoms with Crippen LogP contribution in [0.15, 0.2) is 48.5 Å². The van der Waals surface area contributed by atoms with Crippen molar-refractivity contribution in [1.82, 2.24) is 15.5 Å². The first-order chi connectivity index (χ1) is 16.2. The number of carbonyl (C=O) groups is 3. The van der Waals surface area contributed by atoms with E-state index in [1.54, 1.807) is 29.2 Å². The number of likely N-dealkylation sites (tertiary alicyclic amines) is 1. The van der Waals surface area contributed by atoms with Crippen molar-refractivity contribution in [3.63, 3.8) is 0 Å². The molecule has 1 saturated heterocycles. The van der Waals surface area contributed by atoms with Crippen LogP contribution in [0.1, 0.15) is 59.9 Å². The summed E-state index contributed by atoms with van der Waals surface area (Å²) in [6.07, 6.45) is 1.06. The Morgan fingerprint density at radius 3 is 2.09 bits per heavy atom. The van der Waals surface area contributed by atoms with Crippen LogP contribution in [0.2, 0.25) is 0 Å². The van der Waals surface area contributed by atoms with Crippen molar-refractivity contribution >= 4 is 17.7 Å². The van der Waals surface area contributed by atoms with Crippen LogP contribution >= 0.6 is 0 Å². The van der Waals surface area contributed by atoms with Gasteiger partial charge in [0.2, 0.25) is 5.91 Å². The third-order valence-electron chi connectivity index (χ3n) is 6.73. The SMILES string of the molecule is Cc1ccccc1C(=O)N[C@H](C(=O)N[C@@H](C)C(C)C)C1CCN(C(=O)c2ccccc2F)CC1. The second-order valence-corrected chi connectivity index (χ2v) is 9.42. The molecular formula is C27H34FN3O3. The van der Waals surface area contributed by atoms with Gasteiger partial charge in [-0.05, 0) is 62.3 Å². The molecule has 0 bridgehead atoms. The molecule has 0 unspecified atom stereocenters. The quantitative estimate of drug-likeness (QED) is 0.647. The molecule has 6 nitrogen and oxygen atoms in total. The fourth-order valence-corrected chi connectivity index (χ4v) is 4.17. The van der Waals surface area contributed by atoms with Crippen LogP contribution < -0.4 is 10.6 Å². The van der Waals surface area contributed by atoms with Crippen molar-refractivity contribution < 1.29 is 18.8 Å². The number of nitrogens with one attached hydrogen (secondary N) is 2. The molecule has 7 heteroatoms. The minimum absolute atomic E-state index is 0.0481. The maximum atomic E-state index is 14.1. The number of benzene rings is 2. The van der Waals surface area contributed by atoms with E-state index in [9.17, 15) is 18.8 Å². The maximum absolute atomic E-state index is 14.1. The van der Waals surface area contributed by atoms with Gasteiger partial charge in [0.05, 0.1) is 5.56 Å². The molecule has 0 aliphatic carbocycles. The van der Waals surface area contributed by atoms with Gasteiger partial charge in [0.25, 0.3) is 11.8 Å². The van der Waals surface area contributed by atoms with Crippen molar-refractivity contribution in [3.05, 3.63) is 71.0 Å². The number of hydrogen-bond acceptors (Lipinski definition) is 3. The number of nitrogens with zero attached hydrogens (tertiary/aromatic N) is 1. The van der Waals surface area contributed by atoms with Crippen molar-refractivity contribution in [3.8, 4) is 0 Å². The molecule has 1 heterocycles. The van der Waals surface area contributed by atoms with Gasteiger partial charge in [0.1, 0.15) is 11.9 Å². The zero-order valence-corrected chi connectivity index (χ0v) is 20.3. The van der Waals surface area contributed by atoms with Crippen molar-refractivity contribution in [2.45, 2.75) is 52.6 Å². The van der Waals surface area contributed by atoms with Crippen LogP contribution in [0.25, 0.3) is 0 Å². The van der Waals surface area contributed by atoms with Gasteiger partial charge in [-0.1, -0.05) is 44.2 Å². The minimum Gasteiger partial charge on any atom is -0.352 e. The fourth-order valence-electron chi connectivity index (χ4n) is 4.17. The predicted molar refractivity (Wildman–Crippen MR) is 130 cm³/mol. The predicted octanol–water partition coefficient (Wildman–Crippen LogP) is 3.95. The van der Waals surface area contributed by atoms with Gasteiger partial charge in [-0.2, -0.15) is 0 Å². The summed E-state index contributed by atoms with van der Waals surface area (Å²) in [7, 11) is 0. The lowest BCUT2D eigenvalue weighted by molar-refractivity contribution is -0.125. The number of rotatable bonds is 7. The molecule has 0 saturated carbocycles. The second-order valence-electron chi connectivity index (χ2n) is 9.42. The van der Waals surface area contributed by atoms with E-state index in [0.717, 1.165) is 5.56 Å². The third kappa shape index (κ3) is 6.01. The smallest absolute Gasteiger partial charge is 0.256 e. The van der Waals surface area contributed by atoms with E-state index in [1.165, 1.54) is 12.1 Å². The molecule has 2 aromatic rings. The molecule has 2 N–H and O–H groups in total. The van der Waals surface area contributed by atoms with Crippen LogP contribution in [0, 0.1) is 24.6 Å². The molecule has 2 atom stereocenters. The van der Waals surface area contributed by atoms with Crippen LogP contribution in [-0.2, 0) is 4.79 Å². The molecule has 1 fully saturated rings. The molecule has 3 rings (SSSR count). The zero-order chi connectivity index (χ0) is 24.8. The van der Waals surface area contributed by atoms with Gasteiger partial charge < -0.3 is 15.5 Å². The Balaban J connectivity index is 1.74. The second kappa shape index (κ2) is 11.3.